The fourth-order valence-corrected chi connectivity index (χ4v) is 2.02. The minimum atomic E-state index is 0.0447. The molecule has 1 fully saturated rings. The lowest BCUT2D eigenvalue weighted by atomic mass is 10.2. The second-order valence-electron chi connectivity index (χ2n) is 5.13. The first-order valence-corrected chi connectivity index (χ1v) is 6.82. The highest BCUT2D eigenvalue weighted by atomic mass is 16.5. The summed E-state index contributed by atoms with van der Waals surface area (Å²) in [4.78, 5) is 11.7. The van der Waals surface area contributed by atoms with Crippen LogP contribution in [-0.2, 0) is 11.3 Å². The predicted molar refractivity (Wildman–Crippen MR) is 75.0 cm³/mol. The Morgan fingerprint density at radius 2 is 2.05 bits per heavy atom. The van der Waals surface area contributed by atoms with Gasteiger partial charge in [-0.15, -0.1) is 0 Å². The molecule has 1 aromatic carbocycles. The van der Waals surface area contributed by atoms with E-state index in [1.165, 1.54) is 12.8 Å². The molecule has 0 spiro atoms. The first kappa shape index (κ1) is 13.9. The van der Waals surface area contributed by atoms with Crippen molar-refractivity contribution < 1.29 is 9.53 Å². The van der Waals surface area contributed by atoms with Crippen LogP contribution in [0, 0.1) is 5.92 Å². The number of rotatable bonds is 7. The molecule has 4 heteroatoms. The maximum absolute atomic E-state index is 11.7. The van der Waals surface area contributed by atoms with Gasteiger partial charge in [0.15, 0.2) is 0 Å². The molecule has 19 heavy (non-hydrogen) atoms. The lowest BCUT2D eigenvalue weighted by molar-refractivity contribution is -0.120. The van der Waals surface area contributed by atoms with Crippen molar-refractivity contribution in [3.8, 4) is 5.75 Å². The number of carbonyl (C=O) groups is 1. The second kappa shape index (κ2) is 6.57. The molecule has 1 aliphatic rings. The third-order valence-corrected chi connectivity index (χ3v) is 3.56. The van der Waals surface area contributed by atoms with Crippen LogP contribution in [0.4, 0.5) is 0 Å². The average Bonchev–Trinajstić information content (AvgIpc) is 3.27. The highest BCUT2D eigenvalue weighted by Crippen LogP contribution is 2.32. The molecule has 0 bridgehead atoms. The summed E-state index contributed by atoms with van der Waals surface area (Å²) in [5.74, 6) is 1.65. The zero-order valence-corrected chi connectivity index (χ0v) is 11.6. The molecule has 1 amide bonds. The average molecular weight is 262 g/mol. The molecule has 0 aromatic heterocycles. The first-order valence-electron chi connectivity index (χ1n) is 6.82. The molecule has 2 rings (SSSR count). The number of carbonyl (C=O) groups excluding carboxylic acids is 1. The van der Waals surface area contributed by atoms with Gasteiger partial charge in [0.05, 0.1) is 13.7 Å². The molecular formula is C15H22N2O2. The van der Waals surface area contributed by atoms with E-state index in [1.807, 2.05) is 24.3 Å². The van der Waals surface area contributed by atoms with Gasteiger partial charge in [0.25, 0.3) is 0 Å². The van der Waals surface area contributed by atoms with Crippen molar-refractivity contribution in [2.24, 2.45) is 5.92 Å². The van der Waals surface area contributed by atoms with E-state index in [1.54, 1.807) is 7.11 Å². The third kappa shape index (κ3) is 4.56. The summed E-state index contributed by atoms with van der Waals surface area (Å²) in [6.45, 7) is 3.10. The summed E-state index contributed by atoms with van der Waals surface area (Å²) in [5.41, 5.74) is 1.07. The smallest absolute Gasteiger partial charge is 0.234 e. The molecule has 0 saturated heterocycles. The Morgan fingerprint density at radius 3 is 2.63 bits per heavy atom. The molecule has 1 aliphatic carbocycles. The van der Waals surface area contributed by atoms with Crippen molar-refractivity contribution >= 4 is 5.91 Å². The van der Waals surface area contributed by atoms with Crippen LogP contribution >= 0.6 is 0 Å². The number of hydrogen-bond acceptors (Lipinski definition) is 3. The van der Waals surface area contributed by atoms with E-state index in [2.05, 4.69) is 17.6 Å². The highest BCUT2D eigenvalue weighted by Gasteiger charge is 2.27. The Hall–Kier alpha value is -1.55. The zero-order chi connectivity index (χ0) is 13.7. The largest absolute Gasteiger partial charge is 0.497 e. The van der Waals surface area contributed by atoms with E-state index in [9.17, 15) is 4.79 Å². The lowest BCUT2D eigenvalue weighted by Crippen LogP contribution is -2.38. The van der Waals surface area contributed by atoms with Gasteiger partial charge in [-0.3, -0.25) is 4.79 Å². The monoisotopic (exact) mass is 262 g/mol. The van der Waals surface area contributed by atoms with Gasteiger partial charge < -0.3 is 15.4 Å². The van der Waals surface area contributed by atoms with Gasteiger partial charge >= 0.3 is 0 Å². The van der Waals surface area contributed by atoms with Crippen LogP contribution in [0.2, 0.25) is 0 Å². The minimum Gasteiger partial charge on any atom is -0.497 e. The lowest BCUT2D eigenvalue weighted by Gasteiger charge is -2.12. The van der Waals surface area contributed by atoms with Crippen molar-refractivity contribution in [3.63, 3.8) is 0 Å². The quantitative estimate of drug-likeness (QED) is 0.786. The van der Waals surface area contributed by atoms with Crippen molar-refractivity contribution in [2.75, 3.05) is 13.7 Å². The molecule has 0 aliphatic heterocycles. The van der Waals surface area contributed by atoms with Gasteiger partial charge in [-0.1, -0.05) is 12.1 Å². The maximum Gasteiger partial charge on any atom is 0.234 e. The van der Waals surface area contributed by atoms with Gasteiger partial charge in [-0.25, -0.2) is 0 Å². The van der Waals surface area contributed by atoms with Crippen LogP contribution in [0.5, 0.6) is 5.75 Å². The van der Waals surface area contributed by atoms with Crippen LogP contribution in [0.3, 0.4) is 0 Å². The number of ether oxygens (including phenoxy) is 1. The molecule has 0 heterocycles. The summed E-state index contributed by atoms with van der Waals surface area (Å²) in [5, 5.41) is 6.18. The highest BCUT2D eigenvalue weighted by molar-refractivity contribution is 5.78. The van der Waals surface area contributed by atoms with Gasteiger partial charge in [0.2, 0.25) is 5.91 Å². The van der Waals surface area contributed by atoms with E-state index >= 15 is 0 Å². The summed E-state index contributed by atoms with van der Waals surface area (Å²) >= 11 is 0. The summed E-state index contributed by atoms with van der Waals surface area (Å²) in [6.07, 6.45) is 2.59. The van der Waals surface area contributed by atoms with Crippen molar-refractivity contribution in [2.45, 2.75) is 32.4 Å². The number of methoxy groups -OCH3 is 1. The van der Waals surface area contributed by atoms with Crippen LogP contribution in [0.15, 0.2) is 24.3 Å². The first-order chi connectivity index (χ1) is 9.19. The fraction of sp³-hybridized carbons (Fsp3) is 0.533. The van der Waals surface area contributed by atoms with Crippen LogP contribution in [0.25, 0.3) is 0 Å². The number of hydrogen-bond donors (Lipinski definition) is 2. The molecular weight excluding hydrogens is 240 g/mol. The zero-order valence-electron chi connectivity index (χ0n) is 11.6. The molecule has 4 nitrogen and oxygen atoms in total. The Labute approximate surface area is 114 Å². The molecule has 1 aromatic rings. The van der Waals surface area contributed by atoms with Gasteiger partial charge in [-0.2, -0.15) is 0 Å². The van der Waals surface area contributed by atoms with Crippen LogP contribution in [0.1, 0.15) is 25.3 Å². The molecule has 2 N–H and O–H groups in total. The Kier molecular flexibility index (Phi) is 4.80. The summed E-state index contributed by atoms with van der Waals surface area (Å²) in [7, 11) is 1.64. The van der Waals surface area contributed by atoms with Gasteiger partial charge in [0, 0.05) is 12.6 Å². The summed E-state index contributed by atoms with van der Waals surface area (Å²) in [6, 6.07) is 8.16. The van der Waals surface area contributed by atoms with E-state index in [4.69, 9.17) is 4.74 Å². The molecule has 1 atom stereocenters. The molecule has 104 valence electrons. The number of amides is 1. The number of benzene rings is 1. The maximum atomic E-state index is 11.7. The normalized spacial score (nSPS) is 15.9. The van der Waals surface area contributed by atoms with Crippen LogP contribution < -0.4 is 15.4 Å². The molecule has 1 saturated carbocycles. The van der Waals surface area contributed by atoms with Crippen LogP contribution in [-0.4, -0.2) is 25.6 Å². The number of nitrogens with one attached hydrogen (secondary N) is 2. The summed E-state index contributed by atoms with van der Waals surface area (Å²) < 4.78 is 5.09. The van der Waals surface area contributed by atoms with Gasteiger partial charge in [-0.05, 0) is 43.4 Å². The van der Waals surface area contributed by atoms with Crippen molar-refractivity contribution in [1.82, 2.24) is 10.6 Å². The fourth-order valence-electron chi connectivity index (χ4n) is 2.02. The molecule has 0 radical (unpaired) electrons. The Morgan fingerprint density at radius 1 is 1.37 bits per heavy atom. The van der Waals surface area contributed by atoms with Gasteiger partial charge in [0.1, 0.15) is 5.75 Å². The van der Waals surface area contributed by atoms with E-state index in [0.29, 0.717) is 19.1 Å². The topological polar surface area (TPSA) is 50.4 Å². The van der Waals surface area contributed by atoms with E-state index < -0.39 is 0 Å². The van der Waals surface area contributed by atoms with E-state index in [-0.39, 0.29) is 5.91 Å². The minimum absolute atomic E-state index is 0.0447. The second-order valence-corrected chi connectivity index (χ2v) is 5.13. The Balaban J connectivity index is 1.67. The third-order valence-electron chi connectivity index (χ3n) is 3.56. The Bertz CT molecular complexity index is 413. The van der Waals surface area contributed by atoms with E-state index in [0.717, 1.165) is 17.2 Å². The molecule has 1 unspecified atom stereocenters. The van der Waals surface area contributed by atoms with Crippen molar-refractivity contribution in [3.05, 3.63) is 29.8 Å². The van der Waals surface area contributed by atoms with Crippen molar-refractivity contribution in [1.29, 1.82) is 0 Å². The standard InChI is InChI=1S/C15H22N2O2/c1-11(13-5-6-13)16-10-15(18)17-9-12-3-7-14(19-2)8-4-12/h3-4,7-8,11,13,16H,5-6,9-10H2,1-2H3,(H,17,18). The predicted octanol–water partition coefficient (Wildman–Crippen LogP) is 1.70. The SMILES string of the molecule is COc1ccc(CNC(=O)CNC(C)C2CC2)cc1.